The zero-order chi connectivity index (χ0) is 25.3. The summed E-state index contributed by atoms with van der Waals surface area (Å²) in [4.78, 5) is 21.0. The second-order valence-electron chi connectivity index (χ2n) is 8.81. The zero-order valence-electron chi connectivity index (χ0n) is 19.2. The monoisotopic (exact) mass is 502 g/mol. The molecule has 6 nitrogen and oxygen atoms in total. The lowest BCUT2D eigenvalue weighted by Gasteiger charge is -2.38. The number of pyridine rings is 2. The summed E-state index contributed by atoms with van der Waals surface area (Å²) in [5.74, 6) is -3.50. The molecule has 0 spiro atoms. The Kier molecular flexibility index (Phi) is 7.32. The Labute approximate surface area is 203 Å². The van der Waals surface area contributed by atoms with E-state index in [1.165, 1.54) is 6.20 Å². The Balaban J connectivity index is 1.61. The summed E-state index contributed by atoms with van der Waals surface area (Å²) in [6.45, 7) is 2.02. The molecule has 3 N–H and O–H groups in total. The van der Waals surface area contributed by atoms with E-state index in [2.05, 4.69) is 15.3 Å². The van der Waals surface area contributed by atoms with Crippen LogP contribution in [0.15, 0.2) is 48.8 Å². The summed E-state index contributed by atoms with van der Waals surface area (Å²) in [7, 11) is -1.05. The smallest absolute Gasteiger partial charge is 0.274 e. The molecule has 1 aromatic carbocycles. The average molecular weight is 503 g/mol. The number of nitrogens with one attached hydrogen (secondary N) is 1. The maximum atomic E-state index is 14.4. The number of anilines is 1. The molecule has 0 aliphatic heterocycles. The normalized spacial score (nSPS) is 23.0. The van der Waals surface area contributed by atoms with Crippen LogP contribution in [0.2, 0.25) is 0 Å². The van der Waals surface area contributed by atoms with E-state index in [0.717, 1.165) is 42.3 Å². The Hall–Kier alpha value is -3.11. The van der Waals surface area contributed by atoms with Crippen molar-refractivity contribution in [3.05, 3.63) is 77.5 Å². The van der Waals surface area contributed by atoms with Gasteiger partial charge in [0.05, 0.1) is 22.7 Å². The van der Waals surface area contributed by atoms with Gasteiger partial charge < -0.3 is 11.1 Å². The molecular formula is C25H25F3N4O2S. The first-order valence-corrected chi connectivity index (χ1v) is 12.7. The van der Waals surface area contributed by atoms with Crippen LogP contribution in [-0.4, -0.2) is 37.6 Å². The highest BCUT2D eigenvalue weighted by molar-refractivity contribution is 7.85. The standard InChI is InChI=1S/C25H25F3N4O2S/c1-13-10-14(11-19(29)24(13)35(2)34)15-8-9-30-12-21(15)32-25(33)20-7-6-18(28)23(31-20)22-16(26)4-3-5-17(22)27/h3-9,12-14,19,24H,10-11,29H2,1-2H3,(H,32,33)/t13-,14+,19+,24-,35+/m0/s1. The van der Waals surface area contributed by atoms with Crippen molar-refractivity contribution in [3.8, 4) is 11.3 Å². The van der Waals surface area contributed by atoms with Gasteiger partial charge in [0, 0.05) is 29.3 Å². The number of carbonyl (C=O) groups excluding carboxylic acids is 1. The molecule has 0 radical (unpaired) electrons. The van der Waals surface area contributed by atoms with Crippen LogP contribution in [0.5, 0.6) is 0 Å². The number of benzene rings is 1. The second kappa shape index (κ2) is 10.2. The number of hydrogen-bond donors (Lipinski definition) is 2. The highest BCUT2D eigenvalue weighted by atomic mass is 32.2. The van der Waals surface area contributed by atoms with Crippen molar-refractivity contribution >= 4 is 22.4 Å². The SMILES string of the molecule is C[C@H]1C[C@@H](c2ccncc2NC(=O)c2ccc(F)c(-c3c(F)cccc3F)n2)C[C@@H](N)[C@H]1[S@@](C)=O. The molecular weight excluding hydrogens is 477 g/mol. The first-order valence-electron chi connectivity index (χ1n) is 11.1. The van der Waals surface area contributed by atoms with E-state index in [4.69, 9.17) is 5.73 Å². The van der Waals surface area contributed by atoms with Crippen molar-refractivity contribution in [2.24, 2.45) is 11.7 Å². The third-order valence-electron chi connectivity index (χ3n) is 6.40. The fraction of sp³-hybridized carbons (Fsp3) is 0.320. The number of nitrogens with zero attached hydrogens (tertiary/aromatic N) is 2. The molecule has 1 amide bonds. The Bertz CT molecular complexity index is 1260. The van der Waals surface area contributed by atoms with Gasteiger partial charge in [-0.3, -0.25) is 14.0 Å². The number of halogens is 3. The van der Waals surface area contributed by atoms with Gasteiger partial charge in [0.25, 0.3) is 5.91 Å². The van der Waals surface area contributed by atoms with Gasteiger partial charge in [0.2, 0.25) is 0 Å². The van der Waals surface area contributed by atoms with E-state index in [0.29, 0.717) is 12.1 Å². The third-order valence-corrected chi connectivity index (χ3v) is 7.98. The molecule has 0 bridgehead atoms. The van der Waals surface area contributed by atoms with Crippen LogP contribution in [0, 0.1) is 23.4 Å². The molecule has 10 heteroatoms. The van der Waals surface area contributed by atoms with Gasteiger partial charge in [-0.05, 0) is 60.6 Å². The molecule has 184 valence electrons. The second-order valence-corrected chi connectivity index (χ2v) is 10.4. The van der Waals surface area contributed by atoms with E-state index >= 15 is 0 Å². The minimum atomic E-state index is -1.05. The Morgan fingerprint density at radius 2 is 1.80 bits per heavy atom. The number of hydrogen-bond acceptors (Lipinski definition) is 5. The molecule has 1 fully saturated rings. The van der Waals surface area contributed by atoms with E-state index in [1.807, 2.05) is 6.92 Å². The fourth-order valence-corrected chi connectivity index (χ4v) is 6.28. The highest BCUT2D eigenvalue weighted by Crippen LogP contribution is 2.40. The molecule has 1 aliphatic carbocycles. The van der Waals surface area contributed by atoms with Crippen LogP contribution in [-0.2, 0) is 10.8 Å². The molecule has 4 rings (SSSR count). The number of nitrogens with two attached hydrogens (primary N) is 1. The summed E-state index contributed by atoms with van der Waals surface area (Å²) in [5.41, 5.74) is 6.15. The van der Waals surface area contributed by atoms with Crippen LogP contribution in [0.25, 0.3) is 11.3 Å². The van der Waals surface area contributed by atoms with Crippen LogP contribution >= 0.6 is 0 Å². The van der Waals surface area contributed by atoms with Crippen LogP contribution in [0.4, 0.5) is 18.9 Å². The van der Waals surface area contributed by atoms with Gasteiger partial charge in [-0.2, -0.15) is 0 Å². The topological polar surface area (TPSA) is 98.0 Å². The van der Waals surface area contributed by atoms with E-state index in [-0.39, 0.29) is 28.8 Å². The van der Waals surface area contributed by atoms with E-state index in [1.54, 1.807) is 18.5 Å². The van der Waals surface area contributed by atoms with E-state index in [9.17, 15) is 22.2 Å². The lowest BCUT2D eigenvalue weighted by molar-refractivity contribution is 0.102. The van der Waals surface area contributed by atoms with Gasteiger partial charge in [0.1, 0.15) is 28.8 Å². The van der Waals surface area contributed by atoms with Gasteiger partial charge in [-0.25, -0.2) is 18.2 Å². The molecule has 2 heterocycles. The largest absolute Gasteiger partial charge is 0.327 e. The number of amides is 1. The van der Waals surface area contributed by atoms with Gasteiger partial charge in [-0.15, -0.1) is 0 Å². The average Bonchev–Trinajstić information content (AvgIpc) is 2.79. The van der Waals surface area contributed by atoms with Gasteiger partial charge >= 0.3 is 0 Å². The summed E-state index contributed by atoms with van der Waals surface area (Å²) in [5, 5.41) is 2.64. The minimum Gasteiger partial charge on any atom is -0.327 e. The van der Waals surface area contributed by atoms with Crippen LogP contribution in [0.3, 0.4) is 0 Å². The van der Waals surface area contributed by atoms with Crippen molar-refractivity contribution in [2.45, 2.75) is 37.0 Å². The van der Waals surface area contributed by atoms with Crippen molar-refractivity contribution in [1.29, 1.82) is 0 Å². The Morgan fingerprint density at radius 3 is 2.46 bits per heavy atom. The first-order chi connectivity index (χ1) is 16.7. The quantitative estimate of drug-likeness (QED) is 0.539. The maximum absolute atomic E-state index is 14.4. The molecule has 3 aromatic rings. The summed E-state index contributed by atoms with van der Waals surface area (Å²) in [6, 6.07) is 6.75. The number of aromatic nitrogens is 2. The van der Waals surface area contributed by atoms with E-state index < -0.39 is 45.4 Å². The molecule has 5 atom stereocenters. The van der Waals surface area contributed by atoms with Crippen molar-refractivity contribution < 1.29 is 22.2 Å². The molecule has 0 saturated heterocycles. The first kappa shape index (κ1) is 25.0. The molecule has 2 aromatic heterocycles. The summed E-state index contributed by atoms with van der Waals surface area (Å²) < 4.78 is 54.9. The van der Waals surface area contributed by atoms with Crippen molar-refractivity contribution in [2.75, 3.05) is 11.6 Å². The Morgan fingerprint density at radius 1 is 1.09 bits per heavy atom. The predicted octanol–water partition coefficient (Wildman–Crippen LogP) is 4.40. The maximum Gasteiger partial charge on any atom is 0.274 e. The lowest BCUT2D eigenvalue weighted by Crippen LogP contribution is -2.47. The van der Waals surface area contributed by atoms with Crippen LogP contribution in [0.1, 0.15) is 41.7 Å². The van der Waals surface area contributed by atoms with Gasteiger partial charge in [0.15, 0.2) is 0 Å². The van der Waals surface area contributed by atoms with Crippen LogP contribution < -0.4 is 11.1 Å². The summed E-state index contributed by atoms with van der Waals surface area (Å²) >= 11 is 0. The predicted molar refractivity (Wildman–Crippen MR) is 129 cm³/mol. The molecule has 0 unspecified atom stereocenters. The third kappa shape index (κ3) is 5.13. The number of rotatable bonds is 5. The van der Waals surface area contributed by atoms with Crippen molar-refractivity contribution in [3.63, 3.8) is 0 Å². The molecule has 1 aliphatic rings. The number of carbonyl (C=O) groups is 1. The molecule has 35 heavy (non-hydrogen) atoms. The highest BCUT2D eigenvalue weighted by Gasteiger charge is 2.37. The van der Waals surface area contributed by atoms with Crippen molar-refractivity contribution in [1.82, 2.24) is 9.97 Å². The summed E-state index contributed by atoms with van der Waals surface area (Å²) in [6.07, 6.45) is 6.09. The lowest BCUT2D eigenvalue weighted by atomic mass is 9.76. The minimum absolute atomic E-state index is 0.00217. The molecule has 1 saturated carbocycles. The van der Waals surface area contributed by atoms with Gasteiger partial charge in [-0.1, -0.05) is 13.0 Å². The fourth-order valence-electron chi connectivity index (χ4n) is 4.91. The zero-order valence-corrected chi connectivity index (χ0v) is 20.0.